The summed E-state index contributed by atoms with van der Waals surface area (Å²) in [6, 6.07) is 2.88. The highest BCUT2D eigenvalue weighted by molar-refractivity contribution is 5.89. The summed E-state index contributed by atoms with van der Waals surface area (Å²) in [5.41, 5.74) is -0.0234. The van der Waals surface area contributed by atoms with Crippen molar-refractivity contribution in [2.24, 2.45) is 0 Å². The molecule has 0 fully saturated rings. The van der Waals surface area contributed by atoms with Crippen molar-refractivity contribution in [1.29, 1.82) is 0 Å². The van der Waals surface area contributed by atoms with Crippen molar-refractivity contribution in [1.82, 2.24) is 4.98 Å². The van der Waals surface area contributed by atoms with Gasteiger partial charge < -0.3 is 9.84 Å². The van der Waals surface area contributed by atoms with Crippen LogP contribution in [0.2, 0.25) is 0 Å². The van der Waals surface area contributed by atoms with E-state index in [0.717, 1.165) is 0 Å². The van der Waals surface area contributed by atoms with Gasteiger partial charge in [-0.15, -0.1) is 0 Å². The number of rotatable bonds is 2. The Balaban J connectivity index is 3.00. The van der Waals surface area contributed by atoms with Crippen molar-refractivity contribution in [2.45, 2.75) is 0 Å². The van der Waals surface area contributed by atoms with E-state index in [4.69, 9.17) is 6.48 Å². The molecule has 1 N–H and O–H groups in total. The molecule has 1 aromatic heterocycles. The number of carboxylic acids is 1. The van der Waals surface area contributed by atoms with E-state index in [2.05, 4.69) is 9.72 Å². The van der Waals surface area contributed by atoms with Gasteiger partial charge in [-0.3, -0.25) is 0 Å². The number of methoxy groups -OCH3 is 1. The number of hydrogen-bond donors (Lipinski definition) is 1. The van der Waals surface area contributed by atoms with Crippen LogP contribution in [0.1, 0.15) is 11.7 Å². The Hall–Kier alpha value is -1.58. The van der Waals surface area contributed by atoms with Gasteiger partial charge in [0.05, 0.1) is 8.46 Å². The highest BCUT2D eigenvalue weighted by Gasteiger charge is 2.09. The molecule has 1 rings (SSSR count). The average molecular weight is 154 g/mol. The number of carboxylic acid groups (broad SMARTS) is 1. The molecule has 4 nitrogen and oxygen atoms in total. The number of ether oxygens (including phenoxy) is 1. The number of pyridine rings is 1. The minimum absolute atomic E-state index is 0.0139. The summed E-state index contributed by atoms with van der Waals surface area (Å²) in [6.45, 7) is 0. The minimum atomic E-state index is -1.11. The minimum Gasteiger partial charge on any atom is -0.480 e. The second-order valence-corrected chi connectivity index (χ2v) is 1.81. The molecule has 0 aliphatic carbocycles. The first kappa shape index (κ1) is 6.15. The van der Waals surface area contributed by atoms with E-state index in [0.29, 0.717) is 0 Å². The molecule has 4 heteroatoms. The lowest BCUT2D eigenvalue weighted by molar-refractivity contribution is 0.0692. The SMILES string of the molecule is [2H]COc1ncccc1C(=O)O. The molecule has 1 aromatic rings. The van der Waals surface area contributed by atoms with Gasteiger partial charge in [0, 0.05) is 6.20 Å². The first-order chi connectivity index (χ1) is 5.75. The number of carbonyl (C=O) groups is 1. The maximum Gasteiger partial charge on any atom is 0.341 e. The van der Waals surface area contributed by atoms with Gasteiger partial charge in [0.25, 0.3) is 0 Å². The molecule has 0 unspecified atom stereocenters. The van der Waals surface area contributed by atoms with E-state index >= 15 is 0 Å². The molecule has 0 atom stereocenters. The normalized spacial score (nSPS) is 10.4. The van der Waals surface area contributed by atoms with Gasteiger partial charge >= 0.3 is 5.97 Å². The topological polar surface area (TPSA) is 59.4 Å². The van der Waals surface area contributed by atoms with E-state index < -0.39 is 5.97 Å². The molecule has 0 spiro atoms. The van der Waals surface area contributed by atoms with E-state index in [-0.39, 0.29) is 18.5 Å². The van der Waals surface area contributed by atoms with Crippen molar-refractivity contribution in [3.05, 3.63) is 23.9 Å². The van der Waals surface area contributed by atoms with Gasteiger partial charge in [-0.2, -0.15) is 0 Å². The molecule has 0 radical (unpaired) electrons. The zero-order chi connectivity index (χ0) is 8.97. The number of aromatic nitrogens is 1. The fraction of sp³-hybridized carbons (Fsp3) is 0.143. The Morgan fingerprint density at radius 2 is 2.73 bits per heavy atom. The van der Waals surface area contributed by atoms with Crippen LogP contribution < -0.4 is 4.74 Å². The zero-order valence-electron chi connectivity index (χ0n) is 6.65. The molecule has 0 aliphatic rings. The van der Waals surface area contributed by atoms with Crippen LogP contribution in [-0.4, -0.2) is 23.1 Å². The molecule has 58 valence electrons. The lowest BCUT2D eigenvalue weighted by atomic mass is 10.3. The molecule has 0 bridgehead atoms. The smallest absolute Gasteiger partial charge is 0.341 e. The predicted molar refractivity (Wildman–Crippen MR) is 37.7 cm³/mol. The van der Waals surface area contributed by atoms with Gasteiger partial charge in [-0.1, -0.05) is 0 Å². The standard InChI is InChI=1S/C7H7NO3/c1-11-6-5(7(9)10)3-2-4-8-6/h2-4H,1H3,(H,9,10)/i1D. The highest BCUT2D eigenvalue weighted by atomic mass is 16.5. The molecule has 11 heavy (non-hydrogen) atoms. The fourth-order valence-electron chi connectivity index (χ4n) is 0.669. The third kappa shape index (κ3) is 1.46. The van der Waals surface area contributed by atoms with Crippen LogP contribution in [0, 0.1) is 0 Å². The predicted octanol–water partition coefficient (Wildman–Crippen LogP) is 0.788. The number of nitrogens with zero attached hydrogens (tertiary/aromatic N) is 1. The average Bonchev–Trinajstić information content (AvgIpc) is 2.05. The van der Waals surface area contributed by atoms with Gasteiger partial charge in [-0.05, 0) is 12.1 Å². The molecular weight excluding hydrogens is 146 g/mol. The molecule has 0 aliphatic heterocycles. The Morgan fingerprint density at radius 3 is 3.36 bits per heavy atom. The third-order valence-corrected chi connectivity index (χ3v) is 1.14. The van der Waals surface area contributed by atoms with Gasteiger partial charge in [0.2, 0.25) is 5.88 Å². The molecule has 0 aromatic carbocycles. The van der Waals surface area contributed by atoms with Crippen LogP contribution in [-0.2, 0) is 0 Å². The summed E-state index contributed by atoms with van der Waals surface area (Å²) in [5.74, 6) is -1.12. The maximum absolute atomic E-state index is 10.5. The van der Waals surface area contributed by atoms with E-state index in [1.807, 2.05) is 0 Å². The Bertz CT molecular complexity index is 290. The van der Waals surface area contributed by atoms with Gasteiger partial charge in [-0.25, -0.2) is 9.78 Å². The van der Waals surface area contributed by atoms with E-state index in [1.165, 1.54) is 18.3 Å². The molecule has 0 saturated carbocycles. The van der Waals surface area contributed by atoms with Crippen LogP contribution in [0.5, 0.6) is 5.88 Å². The van der Waals surface area contributed by atoms with Crippen molar-refractivity contribution in [3.8, 4) is 5.88 Å². The summed E-state index contributed by atoms with van der Waals surface area (Å²) in [6.07, 6.45) is 1.41. The Labute approximate surface area is 64.9 Å². The molecule has 0 amide bonds. The van der Waals surface area contributed by atoms with E-state index in [1.54, 1.807) is 0 Å². The van der Waals surface area contributed by atoms with Gasteiger partial charge in [0.15, 0.2) is 0 Å². The fourth-order valence-corrected chi connectivity index (χ4v) is 0.669. The first-order valence-corrected chi connectivity index (χ1v) is 2.86. The second kappa shape index (κ2) is 3.01. The van der Waals surface area contributed by atoms with Crippen LogP contribution in [0.4, 0.5) is 0 Å². The first-order valence-electron chi connectivity index (χ1n) is 3.56. The van der Waals surface area contributed by atoms with Gasteiger partial charge in [0.1, 0.15) is 5.56 Å². The summed E-state index contributed by atoms with van der Waals surface area (Å²) in [5, 5.41) is 8.61. The summed E-state index contributed by atoms with van der Waals surface area (Å²) < 4.78 is 11.4. The lowest BCUT2D eigenvalue weighted by Crippen LogP contribution is -2.01. The van der Waals surface area contributed by atoms with Crippen molar-refractivity contribution in [2.75, 3.05) is 7.09 Å². The van der Waals surface area contributed by atoms with Crippen LogP contribution >= 0.6 is 0 Å². The Morgan fingerprint density at radius 1 is 1.91 bits per heavy atom. The van der Waals surface area contributed by atoms with Crippen molar-refractivity contribution >= 4 is 5.97 Å². The van der Waals surface area contributed by atoms with E-state index in [9.17, 15) is 4.79 Å². The highest BCUT2D eigenvalue weighted by Crippen LogP contribution is 2.12. The quantitative estimate of drug-likeness (QED) is 0.684. The lowest BCUT2D eigenvalue weighted by Gasteiger charge is -2.00. The zero-order valence-corrected chi connectivity index (χ0v) is 5.65. The Kier molecular flexibility index (Phi) is 1.68. The summed E-state index contributed by atoms with van der Waals surface area (Å²) in [7, 11) is -0.336. The van der Waals surface area contributed by atoms with Crippen LogP contribution in [0.15, 0.2) is 18.3 Å². The third-order valence-electron chi connectivity index (χ3n) is 1.14. The van der Waals surface area contributed by atoms with Crippen molar-refractivity contribution in [3.63, 3.8) is 0 Å². The molecule has 1 heterocycles. The maximum atomic E-state index is 10.5. The second-order valence-electron chi connectivity index (χ2n) is 1.81. The number of aromatic carboxylic acids is 1. The monoisotopic (exact) mass is 154 g/mol. The van der Waals surface area contributed by atoms with Crippen molar-refractivity contribution < 1.29 is 16.0 Å². The number of hydrogen-bond acceptors (Lipinski definition) is 3. The largest absolute Gasteiger partial charge is 0.480 e. The van der Waals surface area contributed by atoms with Crippen LogP contribution in [0.3, 0.4) is 0 Å². The van der Waals surface area contributed by atoms with Crippen LogP contribution in [0.25, 0.3) is 0 Å². The molecular formula is C7H7NO3. The summed E-state index contributed by atoms with van der Waals surface area (Å²) in [4.78, 5) is 14.2. The molecule has 0 saturated heterocycles. The summed E-state index contributed by atoms with van der Waals surface area (Å²) >= 11 is 0.